The first kappa shape index (κ1) is 56.1. The molecule has 0 aromatic heterocycles. The second kappa shape index (κ2) is 55.1. The van der Waals surface area contributed by atoms with Gasteiger partial charge < -0.3 is 75.8 Å². The fraction of sp³-hybridized carbons (Fsp3) is 1.00. The zero-order valence-corrected chi connectivity index (χ0v) is 36.4. The predicted octanol–water partition coefficient (Wildman–Crippen LogP) is 3.80. The minimum atomic E-state index is 0.322. The fourth-order valence-electron chi connectivity index (χ4n) is 3.83. The second-order valence-electron chi connectivity index (χ2n) is 11.5. The smallest absolute Gasteiger partial charge is 0.146 e. The van der Waals surface area contributed by atoms with Gasteiger partial charge in [0.2, 0.25) is 0 Å². The molecule has 56 heavy (non-hydrogen) atoms. The molecule has 18 heteroatoms. The van der Waals surface area contributed by atoms with Gasteiger partial charge in [-0.05, 0) is 12.8 Å². The van der Waals surface area contributed by atoms with Crippen molar-refractivity contribution in [3.8, 4) is 0 Å². The summed E-state index contributed by atoms with van der Waals surface area (Å²) in [6, 6.07) is 0. The molecule has 0 radical (unpaired) electrons. The largest absolute Gasteiger partial charge is 0.379 e. The number of unbranched alkanes of at least 4 members (excludes halogenated alkanes) is 1. The Labute approximate surface area is 346 Å². The van der Waals surface area contributed by atoms with E-state index in [4.69, 9.17) is 75.8 Å². The fourth-order valence-corrected chi connectivity index (χ4v) is 5.56. The summed E-state index contributed by atoms with van der Waals surface area (Å²) in [6.45, 7) is 21.5. The monoisotopic (exact) mass is 854 g/mol. The first-order valence-corrected chi connectivity index (χ1v) is 22.9. The quantitative estimate of drug-likeness (QED) is 0.0496. The maximum Gasteiger partial charge on any atom is 0.146 e. The van der Waals surface area contributed by atoms with Crippen LogP contribution in [0.25, 0.3) is 0 Å². The van der Waals surface area contributed by atoms with E-state index in [1.165, 1.54) is 0 Å². The van der Waals surface area contributed by atoms with Crippen LogP contribution in [0, 0.1) is 0 Å². The van der Waals surface area contributed by atoms with Crippen LogP contribution >= 0.6 is 21.6 Å². The molecule has 0 bridgehead atoms. The SMILES string of the molecule is CCCCOCOCCOCCOCCOCCOCCOCCOCCSSCCOCCOCCOCCOCCOCCOCCOCCOCCC. The van der Waals surface area contributed by atoms with E-state index < -0.39 is 0 Å². The molecule has 0 amide bonds. The van der Waals surface area contributed by atoms with Crippen molar-refractivity contribution in [3.63, 3.8) is 0 Å². The number of hydrogen-bond donors (Lipinski definition) is 0. The topological polar surface area (TPSA) is 148 Å². The van der Waals surface area contributed by atoms with E-state index in [1.54, 1.807) is 21.6 Å². The van der Waals surface area contributed by atoms with Crippen LogP contribution in [0.4, 0.5) is 0 Å². The van der Waals surface area contributed by atoms with Gasteiger partial charge in [0.05, 0.1) is 185 Å². The Morgan fingerprint density at radius 1 is 0.214 bits per heavy atom. The Bertz CT molecular complexity index is 627. The van der Waals surface area contributed by atoms with Crippen molar-refractivity contribution in [2.45, 2.75) is 33.1 Å². The van der Waals surface area contributed by atoms with Crippen molar-refractivity contribution < 1.29 is 75.8 Å². The van der Waals surface area contributed by atoms with Gasteiger partial charge in [-0.1, -0.05) is 41.9 Å². The minimum Gasteiger partial charge on any atom is -0.379 e. The average molecular weight is 855 g/mol. The molecule has 0 atom stereocenters. The highest BCUT2D eigenvalue weighted by Crippen LogP contribution is 2.20. The van der Waals surface area contributed by atoms with E-state index in [9.17, 15) is 0 Å². The first-order valence-electron chi connectivity index (χ1n) is 20.4. The molecule has 0 aliphatic carbocycles. The molecule has 0 aromatic rings. The molecular formula is C38H78O16S2. The highest BCUT2D eigenvalue weighted by Gasteiger charge is 1.98. The lowest BCUT2D eigenvalue weighted by molar-refractivity contribution is -0.0737. The lowest BCUT2D eigenvalue weighted by Gasteiger charge is -2.09. The number of ether oxygens (including phenoxy) is 16. The van der Waals surface area contributed by atoms with Crippen molar-refractivity contribution >= 4 is 21.6 Å². The molecule has 16 nitrogen and oxygen atoms in total. The molecule has 0 saturated heterocycles. The predicted molar refractivity (Wildman–Crippen MR) is 218 cm³/mol. The molecule has 0 saturated carbocycles. The molecule has 0 aromatic carbocycles. The van der Waals surface area contributed by atoms with Crippen molar-refractivity contribution in [1.29, 1.82) is 0 Å². The van der Waals surface area contributed by atoms with Crippen LogP contribution in [0.3, 0.4) is 0 Å². The summed E-state index contributed by atoms with van der Waals surface area (Å²) in [4.78, 5) is 0. The lowest BCUT2D eigenvalue weighted by atomic mass is 10.4. The van der Waals surface area contributed by atoms with Crippen LogP contribution in [0.1, 0.15) is 33.1 Å². The summed E-state index contributed by atoms with van der Waals surface area (Å²) < 4.78 is 87.5. The molecule has 338 valence electrons. The van der Waals surface area contributed by atoms with Crippen LogP contribution in [0.2, 0.25) is 0 Å². The van der Waals surface area contributed by atoms with Gasteiger partial charge in [-0.15, -0.1) is 0 Å². The highest BCUT2D eigenvalue weighted by molar-refractivity contribution is 8.76. The Morgan fingerprint density at radius 3 is 0.679 bits per heavy atom. The van der Waals surface area contributed by atoms with E-state index >= 15 is 0 Å². The maximum atomic E-state index is 5.61. The Kier molecular flexibility index (Phi) is 55.1. The van der Waals surface area contributed by atoms with E-state index in [1.807, 2.05) is 0 Å². The normalized spacial score (nSPS) is 11.7. The second-order valence-corrected chi connectivity index (χ2v) is 14.2. The lowest BCUT2D eigenvalue weighted by Crippen LogP contribution is -2.15. The maximum absolute atomic E-state index is 5.61. The number of rotatable bonds is 53. The first-order chi connectivity index (χ1) is 27.9. The molecule has 0 heterocycles. The minimum absolute atomic E-state index is 0.322. The van der Waals surface area contributed by atoms with Crippen LogP contribution in [0.5, 0.6) is 0 Å². The molecule has 0 aliphatic rings. The third-order valence-electron chi connectivity index (χ3n) is 6.70. The third kappa shape index (κ3) is 54.1. The Morgan fingerprint density at radius 2 is 0.429 bits per heavy atom. The van der Waals surface area contributed by atoms with Gasteiger partial charge in [-0.2, -0.15) is 0 Å². The standard InChI is InChI=1S/C38H78O16S2/c1-3-5-7-53-38-54-33-32-50-27-26-47-21-20-44-17-19-46-23-25-49-29-31-52-35-37-56-55-36-34-51-30-28-48-24-22-45-18-16-43-15-14-42-13-12-41-11-10-40-9-8-39-6-4-2/h3-38H2,1-2H3. The summed E-state index contributed by atoms with van der Waals surface area (Å²) >= 11 is 0. The highest BCUT2D eigenvalue weighted by atomic mass is 33.1. The molecular weight excluding hydrogens is 777 g/mol. The van der Waals surface area contributed by atoms with Gasteiger partial charge in [0.1, 0.15) is 6.79 Å². The molecule has 0 aliphatic heterocycles. The van der Waals surface area contributed by atoms with Crippen LogP contribution in [0.15, 0.2) is 0 Å². The zero-order valence-electron chi connectivity index (χ0n) is 34.8. The van der Waals surface area contributed by atoms with Gasteiger partial charge in [-0.25, -0.2) is 0 Å². The third-order valence-corrected chi connectivity index (χ3v) is 9.03. The van der Waals surface area contributed by atoms with Crippen molar-refractivity contribution in [2.24, 2.45) is 0 Å². The van der Waals surface area contributed by atoms with Gasteiger partial charge in [0, 0.05) is 24.7 Å². The van der Waals surface area contributed by atoms with Gasteiger partial charge in [-0.3, -0.25) is 0 Å². The van der Waals surface area contributed by atoms with Gasteiger partial charge in [0.25, 0.3) is 0 Å². The van der Waals surface area contributed by atoms with Crippen LogP contribution in [-0.4, -0.2) is 217 Å². The van der Waals surface area contributed by atoms with E-state index in [0.29, 0.717) is 192 Å². The Balaban J connectivity index is 3.05. The molecule has 0 rings (SSSR count). The van der Waals surface area contributed by atoms with Crippen LogP contribution in [-0.2, 0) is 75.8 Å². The summed E-state index contributed by atoms with van der Waals surface area (Å²) in [5.74, 6) is 1.84. The van der Waals surface area contributed by atoms with Gasteiger partial charge >= 0.3 is 0 Å². The average Bonchev–Trinajstić information content (AvgIpc) is 3.21. The van der Waals surface area contributed by atoms with Crippen molar-refractivity contribution in [1.82, 2.24) is 0 Å². The zero-order chi connectivity index (χ0) is 40.2. The molecule has 0 spiro atoms. The summed E-state index contributed by atoms with van der Waals surface area (Å²) in [5, 5.41) is 0. The van der Waals surface area contributed by atoms with E-state index in [-0.39, 0.29) is 0 Å². The summed E-state index contributed by atoms with van der Waals surface area (Å²) in [6.07, 6.45) is 3.20. The molecule has 0 fully saturated rings. The van der Waals surface area contributed by atoms with Gasteiger partial charge in [0.15, 0.2) is 0 Å². The van der Waals surface area contributed by atoms with Crippen molar-refractivity contribution in [2.75, 3.05) is 217 Å². The van der Waals surface area contributed by atoms with E-state index in [2.05, 4.69) is 13.8 Å². The molecule has 0 unspecified atom stereocenters. The number of hydrogen-bond acceptors (Lipinski definition) is 18. The van der Waals surface area contributed by atoms with Crippen molar-refractivity contribution in [3.05, 3.63) is 0 Å². The Hall–Kier alpha value is 0.0600. The molecule has 0 N–H and O–H groups in total. The summed E-state index contributed by atoms with van der Waals surface area (Å²) in [5.41, 5.74) is 0. The van der Waals surface area contributed by atoms with E-state index in [0.717, 1.165) is 44.0 Å². The summed E-state index contributed by atoms with van der Waals surface area (Å²) in [7, 11) is 3.56. The van der Waals surface area contributed by atoms with Crippen LogP contribution < -0.4 is 0 Å².